The van der Waals surface area contributed by atoms with Crippen molar-refractivity contribution in [3.63, 3.8) is 0 Å². The van der Waals surface area contributed by atoms with Crippen molar-refractivity contribution in [1.29, 1.82) is 0 Å². The van der Waals surface area contributed by atoms with Crippen LogP contribution in [0.1, 0.15) is 46.0 Å². The predicted octanol–water partition coefficient (Wildman–Crippen LogP) is 5.99. The fourth-order valence-corrected chi connectivity index (χ4v) is 3.37. The number of hydrogen-bond donors (Lipinski definition) is 0. The number of aryl methyl sites for hydroxylation is 1. The summed E-state index contributed by atoms with van der Waals surface area (Å²) in [7, 11) is 0. The van der Waals surface area contributed by atoms with Gasteiger partial charge in [0, 0.05) is 16.7 Å². The molecule has 0 unspecified atom stereocenters. The van der Waals surface area contributed by atoms with Crippen LogP contribution in [-0.2, 0) is 6.42 Å². The normalized spacial score (nSPS) is 10.5. The van der Waals surface area contributed by atoms with Crippen molar-refractivity contribution in [1.82, 2.24) is 0 Å². The first-order chi connectivity index (χ1) is 12.8. The Kier molecular flexibility index (Phi) is 5.75. The highest BCUT2D eigenvalue weighted by atomic mass is 16.1. The Morgan fingerprint density at radius 1 is 0.769 bits per heavy atom. The Balaban J connectivity index is 2.36. The summed E-state index contributed by atoms with van der Waals surface area (Å²) in [6.45, 7) is 2.12. The van der Waals surface area contributed by atoms with Gasteiger partial charge < -0.3 is 0 Å². The number of unbranched alkanes of at least 4 members (excludes halogenated alkanes) is 1. The number of rotatable bonds is 7. The minimum atomic E-state index is 0.485. The van der Waals surface area contributed by atoms with Crippen molar-refractivity contribution < 1.29 is 9.59 Å². The topological polar surface area (TPSA) is 34.1 Å². The van der Waals surface area contributed by atoms with Gasteiger partial charge in [0.05, 0.1) is 0 Å². The van der Waals surface area contributed by atoms with Crippen molar-refractivity contribution in [2.45, 2.75) is 26.2 Å². The van der Waals surface area contributed by atoms with Crippen LogP contribution in [0.3, 0.4) is 0 Å². The molecular weight excluding hydrogens is 320 g/mol. The van der Waals surface area contributed by atoms with Gasteiger partial charge in [-0.05, 0) is 41.2 Å². The number of benzene rings is 3. The van der Waals surface area contributed by atoms with E-state index in [2.05, 4.69) is 13.0 Å². The first-order valence-corrected chi connectivity index (χ1v) is 9.01. The van der Waals surface area contributed by atoms with Crippen LogP contribution in [-0.4, -0.2) is 12.6 Å². The molecule has 3 rings (SSSR count). The maximum absolute atomic E-state index is 12.0. The molecule has 0 bridgehead atoms. The molecule has 26 heavy (non-hydrogen) atoms. The lowest BCUT2D eigenvalue weighted by atomic mass is 9.84. The molecule has 3 aromatic carbocycles. The molecule has 0 amide bonds. The zero-order valence-electron chi connectivity index (χ0n) is 14.9. The second kappa shape index (κ2) is 8.39. The average molecular weight is 342 g/mol. The van der Waals surface area contributed by atoms with Crippen LogP contribution in [0.5, 0.6) is 0 Å². The summed E-state index contributed by atoms with van der Waals surface area (Å²) >= 11 is 0. The standard InChI is InChI=1S/C24H22O2/c1-2-3-10-20-15-21(18-11-6-4-7-12-18)24(19-13-8-5-9-14-19)23(17-26)22(20)16-25/h4-9,11-17H,2-3,10H2,1H3. The zero-order chi connectivity index (χ0) is 18.4. The van der Waals surface area contributed by atoms with Crippen LogP contribution < -0.4 is 0 Å². The van der Waals surface area contributed by atoms with E-state index >= 15 is 0 Å². The summed E-state index contributed by atoms with van der Waals surface area (Å²) in [4.78, 5) is 23.9. The molecule has 0 heterocycles. The summed E-state index contributed by atoms with van der Waals surface area (Å²) in [5, 5.41) is 0. The van der Waals surface area contributed by atoms with Gasteiger partial charge in [-0.1, -0.05) is 74.0 Å². The molecule has 3 aromatic rings. The Bertz CT molecular complexity index is 896. The monoisotopic (exact) mass is 342 g/mol. The summed E-state index contributed by atoms with van der Waals surface area (Å²) < 4.78 is 0. The van der Waals surface area contributed by atoms with E-state index in [1.54, 1.807) is 0 Å². The fraction of sp³-hybridized carbons (Fsp3) is 0.167. The Morgan fingerprint density at radius 2 is 1.35 bits per heavy atom. The van der Waals surface area contributed by atoms with Crippen molar-refractivity contribution in [3.8, 4) is 22.3 Å². The van der Waals surface area contributed by atoms with Gasteiger partial charge in [0.1, 0.15) is 0 Å². The summed E-state index contributed by atoms with van der Waals surface area (Å²) in [5.41, 5.74) is 5.76. The third-order valence-corrected chi connectivity index (χ3v) is 4.68. The molecule has 0 atom stereocenters. The third kappa shape index (κ3) is 3.50. The van der Waals surface area contributed by atoms with E-state index in [9.17, 15) is 9.59 Å². The van der Waals surface area contributed by atoms with Crippen molar-refractivity contribution in [3.05, 3.63) is 83.4 Å². The Labute approximate surface area is 154 Å². The van der Waals surface area contributed by atoms with Crippen LogP contribution in [0.2, 0.25) is 0 Å². The van der Waals surface area contributed by atoms with Gasteiger partial charge >= 0.3 is 0 Å². The molecule has 0 radical (unpaired) electrons. The molecule has 0 fully saturated rings. The van der Waals surface area contributed by atoms with Crippen molar-refractivity contribution in [2.24, 2.45) is 0 Å². The van der Waals surface area contributed by atoms with E-state index in [0.29, 0.717) is 11.1 Å². The van der Waals surface area contributed by atoms with Crippen LogP contribution in [0.25, 0.3) is 22.3 Å². The quantitative estimate of drug-likeness (QED) is 0.494. The zero-order valence-corrected chi connectivity index (χ0v) is 14.9. The lowest BCUT2D eigenvalue weighted by molar-refractivity contribution is 0.109. The number of carbonyl (C=O) groups excluding carboxylic acids is 2. The Hall–Kier alpha value is -3.00. The molecule has 0 saturated carbocycles. The lowest BCUT2D eigenvalue weighted by Gasteiger charge is -2.18. The van der Waals surface area contributed by atoms with Gasteiger partial charge in [0.2, 0.25) is 0 Å². The highest BCUT2D eigenvalue weighted by Gasteiger charge is 2.19. The smallest absolute Gasteiger partial charge is 0.151 e. The van der Waals surface area contributed by atoms with E-state index in [4.69, 9.17) is 0 Å². The van der Waals surface area contributed by atoms with E-state index in [1.165, 1.54) is 0 Å². The van der Waals surface area contributed by atoms with E-state index in [-0.39, 0.29) is 0 Å². The van der Waals surface area contributed by atoms with Gasteiger partial charge in [0.25, 0.3) is 0 Å². The molecule has 0 aromatic heterocycles. The van der Waals surface area contributed by atoms with E-state index in [1.807, 2.05) is 60.7 Å². The molecule has 0 saturated heterocycles. The molecule has 0 spiro atoms. The molecular formula is C24H22O2. The average Bonchev–Trinajstić information content (AvgIpc) is 2.72. The highest BCUT2D eigenvalue weighted by molar-refractivity contribution is 6.03. The van der Waals surface area contributed by atoms with Crippen LogP contribution >= 0.6 is 0 Å². The van der Waals surface area contributed by atoms with Gasteiger partial charge in [-0.15, -0.1) is 0 Å². The molecule has 0 N–H and O–H groups in total. The first-order valence-electron chi connectivity index (χ1n) is 9.01. The van der Waals surface area contributed by atoms with Gasteiger partial charge in [-0.25, -0.2) is 0 Å². The highest BCUT2D eigenvalue weighted by Crippen LogP contribution is 2.37. The van der Waals surface area contributed by atoms with E-state index in [0.717, 1.165) is 59.7 Å². The second-order valence-electron chi connectivity index (χ2n) is 6.36. The van der Waals surface area contributed by atoms with Crippen molar-refractivity contribution in [2.75, 3.05) is 0 Å². The molecule has 2 nitrogen and oxygen atoms in total. The maximum atomic E-state index is 12.0. The molecule has 0 aliphatic heterocycles. The number of carbonyl (C=O) groups is 2. The number of aldehydes is 2. The molecule has 0 aliphatic rings. The van der Waals surface area contributed by atoms with E-state index < -0.39 is 0 Å². The second-order valence-corrected chi connectivity index (χ2v) is 6.36. The Morgan fingerprint density at radius 3 is 1.88 bits per heavy atom. The van der Waals surface area contributed by atoms with Crippen LogP contribution in [0, 0.1) is 0 Å². The summed E-state index contributed by atoms with van der Waals surface area (Å²) in [6, 6.07) is 21.9. The minimum absolute atomic E-state index is 0.485. The first kappa shape index (κ1) is 17.8. The molecule has 130 valence electrons. The third-order valence-electron chi connectivity index (χ3n) is 4.68. The fourth-order valence-electron chi connectivity index (χ4n) is 3.37. The van der Waals surface area contributed by atoms with Crippen molar-refractivity contribution >= 4 is 12.6 Å². The van der Waals surface area contributed by atoms with Gasteiger partial charge in [0.15, 0.2) is 12.6 Å². The summed E-state index contributed by atoms with van der Waals surface area (Å²) in [5.74, 6) is 0. The predicted molar refractivity (Wildman–Crippen MR) is 107 cm³/mol. The van der Waals surface area contributed by atoms with Gasteiger partial charge in [-0.2, -0.15) is 0 Å². The molecule has 0 aliphatic carbocycles. The maximum Gasteiger partial charge on any atom is 0.151 e. The largest absolute Gasteiger partial charge is 0.298 e. The van der Waals surface area contributed by atoms with Crippen LogP contribution in [0.15, 0.2) is 66.7 Å². The summed E-state index contributed by atoms with van der Waals surface area (Å²) in [6.07, 6.45) is 4.47. The number of hydrogen-bond acceptors (Lipinski definition) is 2. The SMILES string of the molecule is CCCCc1cc(-c2ccccc2)c(-c2ccccc2)c(C=O)c1C=O. The lowest BCUT2D eigenvalue weighted by Crippen LogP contribution is -2.04. The molecule has 2 heteroatoms. The van der Waals surface area contributed by atoms with Gasteiger partial charge in [-0.3, -0.25) is 9.59 Å². The minimum Gasteiger partial charge on any atom is -0.298 e. The van der Waals surface area contributed by atoms with Crippen LogP contribution in [0.4, 0.5) is 0 Å².